The highest BCUT2D eigenvalue weighted by molar-refractivity contribution is 14.0. The van der Waals surface area contributed by atoms with Crippen LogP contribution in [0.5, 0.6) is 0 Å². The molecule has 0 amide bonds. The zero-order chi connectivity index (χ0) is 20.0. The lowest BCUT2D eigenvalue weighted by atomic mass is 9.92. The van der Waals surface area contributed by atoms with Crippen molar-refractivity contribution >= 4 is 29.9 Å². The van der Waals surface area contributed by atoms with Gasteiger partial charge in [-0.15, -0.1) is 24.0 Å². The number of rotatable bonds is 12. The summed E-state index contributed by atoms with van der Waals surface area (Å²) in [6, 6.07) is 0.486. The molecule has 2 unspecified atom stereocenters. The van der Waals surface area contributed by atoms with E-state index in [1.807, 2.05) is 0 Å². The molecule has 0 saturated carbocycles. The van der Waals surface area contributed by atoms with Crippen LogP contribution in [0.2, 0.25) is 0 Å². The minimum Gasteiger partial charge on any atom is -0.379 e. The van der Waals surface area contributed by atoms with Crippen LogP contribution in [-0.2, 0) is 14.2 Å². The predicted molar refractivity (Wildman–Crippen MR) is 129 cm³/mol. The molecule has 2 aliphatic rings. The lowest BCUT2D eigenvalue weighted by Crippen LogP contribution is -2.49. The van der Waals surface area contributed by atoms with Crippen molar-refractivity contribution in [1.29, 1.82) is 0 Å². The maximum atomic E-state index is 5.84. The highest BCUT2D eigenvalue weighted by Gasteiger charge is 2.26. The molecule has 0 aromatic carbocycles. The molecular weight excluding hydrogens is 483 g/mol. The minimum atomic E-state index is 0. The van der Waals surface area contributed by atoms with Crippen LogP contribution in [0.3, 0.4) is 0 Å². The predicted octanol–water partition coefficient (Wildman–Crippen LogP) is 2.49. The molecule has 0 aromatic heterocycles. The van der Waals surface area contributed by atoms with Gasteiger partial charge in [-0.3, -0.25) is 9.89 Å². The average Bonchev–Trinajstić information content (AvgIpc) is 3.25. The first kappa shape index (κ1) is 26.9. The third-order valence-corrected chi connectivity index (χ3v) is 5.74. The summed E-state index contributed by atoms with van der Waals surface area (Å²) >= 11 is 0. The van der Waals surface area contributed by atoms with Gasteiger partial charge in [-0.25, -0.2) is 0 Å². The Morgan fingerprint density at radius 2 is 1.86 bits per heavy atom. The van der Waals surface area contributed by atoms with Crippen molar-refractivity contribution < 1.29 is 14.2 Å². The number of ether oxygens (including phenoxy) is 3. The molecule has 2 fully saturated rings. The normalized spacial score (nSPS) is 21.8. The maximum absolute atomic E-state index is 5.84. The van der Waals surface area contributed by atoms with E-state index in [2.05, 4.69) is 36.3 Å². The Morgan fingerprint density at radius 1 is 1.10 bits per heavy atom. The van der Waals surface area contributed by atoms with Crippen molar-refractivity contribution in [1.82, 2.24) is 15.5 Å². The molecule has 29 heavy (non-hydrogen) atoms. The van der Waals surface area contributed by atoms with Crippen molar-refractivity contribution in [3.63, 3.8) is 0 Å². The summed E-state index contributed by atoms with van der Waals surface area (Å²) in [5.41, 5.74) is 0. The lowest BCUT2D eigenvalue weighted by Gasteiger charge is -2.38. The van der Waals surface area contributed by atoms with E-state index >= 15 is 0 Å². The molecule has 7 nitrogen and oxygen atoms in total. The van der Waals surface area contributed by atoms with Gasteiger partial charge < -0.3 is 24.8 Å². The average molecular weight is 527 g/mol. The second kappa shape index (κ2) is 16.5. The Labute approximate surface area is 194 Å². The molecule has 172 valence electrons. The summed E-state index contributed by atoms with van der Waals surface area (Å²) in [7, 11) is 0. The number of hydrogen-bond donors (Lipinski definition) is 2. The lowest BCUT2D eigenvalue weighted by molar-refractivity contribution is 0.00395. The van der Waals surface area contributed by atoms with Gasteiger partial charge in [0.2, 0.25) is 0 Å². The topological polar surface area (TPSA) is 67.4 Å². The fourth-order valence-electron chi connectivity index (χ4n) is 4.00. The van der Waals surface area contributed by atoms with Crippen LogP contribution < -0.4 is 10.6 Å². The van der Waals surface area contributed by atoms with E-state index < -0.39 is 0 Å². The van der Waals surface area contributed by atoms with Crippen LogP contribution in [0.1, 0.15) is 46.5 Å². The zero-order valence-corrected chi connectivity index (χ0v) is 21.0. The van der Waals surface area contributed by atoms with Gasteiger partial charge in [0.25, 0.3) is 0 Å². The van der Waals surface area contributed by atoms with Crippen molar-refractivity contribution in [3.05, 3.63) is 0 Å². The van der Waals surface area contributed by atoms with E-state index in [1.165, 1.54) is 12.8 Å². The first-order valence-electron chi connectivity index (χ1n) is 11.3. The molecule has 2 heterocycles. The number of aliphatic imine (C=N–C) groups is 1. The summed E-state index contributed by atoms with van der Waals surface area (Å²) < 4.78 is 16.7. The Hall–Kier alpha value is -0.160. The standard InChI is InChI=1S/C21H42N4O3.HI/c1-4-18(5-2)20(25-10-14-26-15-11-25)16-24-21(22-6-3)23-9-7-12-28-19-8-13-27-17-19;/h18-20H,4-17H2,1-3H3,(H2,22,23,24);1H. The van der Waals surface area contributed by atoms with Crippen molar-refractivity contribution in [2.24, 2.45) is 10.9 Å². The quantitative estimate of drug-likeness (QED) is 0.176. The van der Waals surface area contributed by atoms with Crippen molar-refractivity contribution in [3.8, 4) is 0 Å². The van der Waals surface area contributed by atoms with Crippen LogP contribution in [0.15, 0.2) is 4.99 Å². The molecule has 0 aromatic rings. The molecule has 0 bridgehead atoms. The Kier molecular flexibility index (Phi) is 15.3. The molecule has 0 aliphatic carbocycles. The summed E-state index contributed by atoms with van der Waals surface area (Å²) in [4.78, 5) is 7.51. The Morgan fingerprint density at radius 3 is 2.48 bits per heavy atom. The third-order valence-electron chi connectivity index (χ3n) is 5.74. The minimum absolute atomic E-state index is 0. The van der Waals surface area contributed by atoms with E-state index in [0.29, 0.717) is 12.0 Å². The second-order valence-electron chi connectivity index (χ2n) is 7.65. The van der Waals surface area contributed by atoms with Gasteiger partial charge in [0, 0.05) is 45.4 Å². The molecule has 2 rings (SSSR count). The number of guanidine groups is 1. The zero-order valence-electron chi connectivity index (χ0n) is 18.7. The number of morpholine rings is 1. The molecule has 0 spiro atoms. The van der Waals surface area contributed by atoms with Gasteiger partial charge in [-0.2, -0.15) is 0 Å². The van der Waals surface area contributed by atoms with E-state index in [-0.39, 0.29) is 30.1 Å². The van der Waals surface area contributed by atoms with Crippen LogP contribution in [0.4, 0.5) is 0 Å². The maximum Gasteiger partial charge on any atom is 0.191 e. The largest absolute Gasteiger partial charge is 0.379 e. The highest BCUT2D eigenvalue weighted by Crippen LogP contribution is 2.20. The molecule has 2 N–H and O–H groups in total. The number of nitrogens with one attached hydrogen (secondary N) is 2. The Bertz CT molecular complexity index is 426. The molecule has 8 heteroatoms. The van der Waals surface area contributed by atoms with E-state index in [0.717, 1.165) is 84.6 Å². The molecule has 0 radical (unpaired) electrons. The van der Waals surface area contributed by atoms with Crippen molar-refractivity contribution in [2.45, 2.75) is 58.6 Å². The van der Waals surface area contributed by atoms with Gasteiger partial charge >= 0.3 is 0 Å². The summed E-state index contributed by atoms with van der Waals surface area (Å²) in [5.74, 6) is 1.59. The van der Waals surface area contributed by atoms with Gasteiger partial charge in [0.05, 0.1) is 32.5 Å². The summed E-state index contributed by atoms with van der Waals surface area (Å²) in [5, 5.41) is 6.85. The van der Waals surface area contributed by atoms with Gasteiger partial charge in [0.15, 0.2) is 5.96 Å². The highest BCUT2D eigenvalue weighted by atomic mass is 127. The van der Waals surface area contributed by atoms with Gasteiger partial charge in [-0.1, -0.05) is 26.7 Å². The first-order chi connectivity index (χ1) is 13.8. The number of halogens is 1. The SMILES string of the molecule is CCNC(=NCC(C(CC)CC)N1CCOCC1)NCCCOC1CCOC1.I. The smallest absolute Gasteiger partial charge is 0.191 e. The van der Waals surface area contributed by atoms with Crippen LogP contribution in [0.25, 0.3) is 0 Å². The second-order valence-corrected chi connectivity index (χ2v) is 7.65. The number of hydrogen-bond acceptors (Lipinski definition) is 5. The fourth-order valence-corrected chi connectivity index (χ4v) is 4.00. The van der Waals surface area contributed by atoms with Crippen LogP contribution in [0, 0.1) is 5.92 Å². The first-order valence-corrected chi connectivity index (χ1v) is 11.3. The monoisotopic (exact) mass is 526 g/mol. The van der Waals surface area contributed by atoms with Gasteiger partial charge in [0.1, 0.15) is 0 Å². The molecule has 2 saturated heterocycles. The fraction of sp³-hybridized carbons (Fsp3) is 0.952. The van der Waals surface area contributed by atoms with Gasteiger partial charge in [-0.05, 0) is 25.7 Å². The third kappa shape index (κ3) is 10.1. The number of nitrogens with zero attached hydrogens (tertiary/aromatic N) is 2. The summed E-state index contributed by atoms with van der Waals surface area (Å²) in [6.45, 7) is 15.3. The van der Waals surface area contributed by atoms with Crippen LogP contribution in [-0.4, -0.2) is 88.8 Å². The molecular formula is C21H43IN4O3. The van der Waals surface area contributed by atoms with E-state index in [9.17, 15) is 0 Å². The van der Waals surface area contributed by atoms with E-state index in [1.54, 1.807) is 0 Å². The molecule has 2 aliphatic heterocycles. The Balaban J connectivity index is 0.00000420. The van der Waals surface area contributed by atoms with Crippen LogP contribution >= 0.6 is 24.0 Å². The molecule has 2 atom stereocenters. The van der Waals surface area contributed by atoms with Crippen molar-refractivity contribution in [2.75, 3.05) is 65.8 Å². The van der Waals surface area contributed by atoms with E-state index in [4.69, 9.17) is 19.2 Å². The summed E-state index contributed by atoms with van der Waals surface area (Å²) in [6.07, 6.45) is 4.67.